The van der Waals surface area contributed by atoms with Crippen LogP contribution in [0.15, 0.2) is 29.3 Å². The fourth-order valence-electron chi connectivity index (χ4n) is 3.17. The highest BCUT2D eigenvalue weighted by atomic mass is 19.1. The number of hydrogen-bond acceptors (Lipinski definition) is 3. The van der Waals surface area contributed by atoms with Crippen molar-refractivity contribution in [3.63, 3.8) is 0 Å². The highest BCUT2D eigenvalue weighted by Gasteiger charge is 2.32. The standard InChI is InChI=1S/C18H26FN3O2/c1-2-20-18(21-12-14-5-7-15(19)8-6-14)22-9-11-24-17(13-22)16-4-3-10-23-16/h5-8,16-17H,2-4,9-13H2,1H3,(H,20,21). The highest BCUT2D eigenvalue weighted by molar-refractivity contribution is 5.80. The SMILES string of the molecule is CCNC(=NCc1ccc(F)cc1)N1CCOC(C2CCCO2)C1. The van der Waals surface area contributed by atoms with Crippen LogP contribution in [0.5, 0.6) is 0 Å². The van der Waals surface area contributed by atoms with E-state index in [1.165, 1.54) is 12.1 Å². The Kier molecular flexibility index (Phi) is 6.04. The number of morpholine rings is 1. The fraction of sp³-hybridized carbons (Fsp3) is 0.611. The third-order valence-electron chi connectivity index (χ3n) is 4.43. The van der Waals surface area contributed by atoms with E-state index in [2.05, 4.69) is 17.1 Å². The van der Waals surface area contributed by atoms with Crippen molar-refractivity contribution in [2.45, 2.75) is 38.5 Å². The second-order valence-electron chi connectivity index (χ2n) is 6.20. The predicted octanol–water partition coefficient (Wildman–Crippen LogP) is 2.17. The maximum absolute atomic E-state index is 13.0. The van der Waals surface area contributed by atoms with Crippen molar-refractivity contribution < 1.29 is 13.9 Å². The lowest BCUT2D eigenvalue weighted by Crippen LogP contribution is -2.53. The lowest BCUT2D eigenvalue weighted by atomic mass is 10.1. The minimum absolute atomic E-state index is 0.107. The molecule has 0 radical (unpaired) electrons. The van der Waals surface area contributed by atoms with E-state index in [1.54, 1.807) is 12.1 Å². The van der Waals surface area contributed by atoms with Crippen molar-refractivity contribution in [2.24, 2.45) is 4.99 Å². The first-order chi connectivity index (χ1) is 11.8. The Morgan fingerprint density at radius 2 is 2.04 bits per heavy atom. The first kappa shape index (κ1) is 17.2. The van der Waals surface area contributed by atoms with E-state index in [4.69, 9.17) is 14.5 Å². The van der Waals surface area contributed by atoms with Gasteiger partial charge in [0.2, 0.25) is 0 Å². The van der Waals surface area contributed by atoms with E-state index in [1.807, 2.05) is 0 Å². The molecule has 2 heterocycles. The van der Waals surface area contributed by atoms with Crippen LogP contribution in [0.4, 0.5) is 4.39 Å². The maximum Gasteiger partial charge on any atom is 0.194 e. The van der Waals surface area contributed by atoms with Gasteiger partial charge < -0.3 is 19.7 Å². The Morgan fingerprint density at radius 3 is 2.75 bits per heavy atom. The van der Waals surface area contributed by atoms with Crippen LogP contribution < -0.4 is 5.32 Å². The van der Waals surface area contributed by atoms with E-state index < -0.39 is 0 Å². The van der Waals surface area contributed by atoms with Gasteiger partial charge in [0, 0.05) is 26.2 Å². The number of guanidine groups is 1. The second kappa shape index (κ2) is 8.44. The summed E-state index contributed by atoms with van der Waals surface area (Å²) in [5, 5.41) is 3.35. The predicted molar refractivity (Wildman–Crippen MR) is 91.5 cm³/mol. The van der Waals surface area contributed by atoms with Gasteiger partial charge in [0.15, 0.2) is 5.96 Å². The molecule has 0 amide bonds. The van der Waals surface area contributed by atoms with Gasteiger partial charge in [0.25, 0.3) is 0 Å². The molecule has 5 nitrogen and oxygen atoms in total. The third kappa shape index (κ3) is 4.45. The third-order valence-corrected chi connectivity index (χ3v) is 4.43. The van der Waals surface area contributed by atoms with Gasteiger partial charge in [0.1, 0.15) is 11.9 Å². The number of aliphatic imine (C=N–C) groups is 1. The zero-order valence-electron chi connectivity index (χ0n) is 14.2. The lowest BCUT2D eigenvalue weighted by Gasteiger charge is -2.37. The van der Waals surface area contributed by atoms with Crippen molar-refractivity contribution in [1.29, 1.82) is 0 Å². The van der Waals surface area contributed by atoms with Crippen molar-refractivity contribution in [3.05, 3.63) is 35.6 Å². The Morgan fingerprint density at radius 1 is 1.25 bits per heavy atom. The number of benzene rings is 1. The molecule has 2 fully saturated rings. The molecule has 0 spiro atoms. The van der Waals surface area contributed by atoms with Gasteiger partial charge in [-0.2, -0.15) is 0 Å². The molecule has 1 N–H and O–H groups in total. The molecular formula is C18H26FN3O2. The van der Waals surface area contributed by atoms with Crippen LogP contribution in [-0.2, 0) is 16.0 Å². The molecule has 2 atom stereocenters. The molecule has 3 rings (SSSR count). The summed E-state index contributed by atoms with van der Waals surface area (Å²) in [5.74, 6) is 0.662. The van der Waals surface area contributed by atoms with E-state index in [9.17, 15) is 4.39 Å². The van der Waals surface area contributed by atoms with Crippen LogP contribution in [0.25, 0.3) is 0 Å². The summed E-state index contributed by atoms with van der Waals surface area (Å²) < 4.78 is 24.7. The summed E-state index contributed by atoms with van der Waals surface area (Å²) in [4.78, 5) is 6.95. The molecule has 1 aromatic rings. The molecule has 2 saturated heterocycles. The van der Waals surface area contributed by atoms with E-state index in [0.717, 1.165) is 50.6 Å². The van der Waals surface area contributed by atoms with Crippen LogP contribution in [0.3, 0.4) is 0 Å². The lowest BCUT2D eigenvalue weighted by molar-refractivity contribution is -0.0817. The molecule has 24 heavy (non-hydrogen) atoms. The van der Waals surface area contributed by atoms with Crippen molar-refractivity contribution in [3.8, 4) is 0 Å². The molecule has 0 saturated carbocycles. The number of hydrogen-bond donors (Lipinski definition) is 1. The topological polar surface area (TPSA) is 46.1 Å². The molecular weight excluding hydrogens is 309 g/mol. The summed E-state index contributed by atoms with van der Waals surface area (Å²) in [7, 11) is 0. The van der Waals surface area contributed by atoms with Gasteiger partial charge in [-0.1, -0.05) is 12.1 Å². The fourth-order valence-corrected chi connectivity index (χ4v) is 3.17. The summed E-state index contributed by atoms with van der Waals surface area (Å²) in [5.41, 5.74) is 0.996. The Hall–Kier alpha value is -1.66. The van der Waals surface area contributed by atoms with E-state index in [-0.39, 0.29) is 18.0 Å². The zero-order chi connectivity index (χ0) is 16.8. The van der Waals surface area contributed by atoms with Crippen LogP contribution >= 0.6 is 0 Å². The van der Waals surface area contributed by atoms with Crippen molar-refractivity contribution in [2.75, 3.05) is 32.8 Å². The van der Waals surface area contributed by atoms with Crippen molar-refractivity contribution >= 4 is 5.96 Å². The molecule has 2 aliphatic rings. The largest absolute Gasteiger partial charge is 0.375 e. The van der Waals surface area contributed by atoms with Crippen molar-refractivity contribution in [1.82, 2.24) is 10.2 Å². The molecule has 0 aromatic heterocycles. The minimum atomic E-state index is -0.220. The molecule has 2 aliphatic heterocycles. The van der Waals surface area contributed by atoms with Gasteiger partial charge >= 0.3 is 0 Å². The molecule has 1 aromatic carbocycles. The van der Waals surface area contributed by atoms with Crippen LogP contribution in [-0.4, -0.2) is 55.9 Å². The summed E-state index contributed by atoms with van der Waals surface area (Å²) in [6, 6.07) is 6.49. The summed E-state index contributed by atoms with van der Waals surface area (Å²) in [6.07, 6.45) is 2.49. The van der Waals surface area contributed by atoms with E-state index >= 15 is 0 Å². The summed E-state index contributed by atoms with van der Waals surface area (Å²) in [6.45, 7) is 6.54. The monoisotopic (exact) mass is 335 g/mol. The van der Waals surface area contributed by atoms with Gasteiger partial charge in [-0.3, -0.25) is 0 Å². The van der Waals surface area contributed by atoms with Gasteiger partial charge in [0.05, 0.1) is 19.3 Å². The van der Waals surface area contributed by atoms with Gasteiger partial charge in [-0.15, -0.1) is 0 Å². The Bertz CT molecular complexity index is 544. The second-order valence-corrected chi connectivity index (χ2v) is 6.20. The average molecular weight is 335 g/mol. The van der Waals surface area contributed by atoms with Crippen LogP contribution in [0, 0.1) is 5.82 Å². The molecule has 132 valence electrons. The number of nitrogens with zero attached hydrogens (tertiary/aromatic N) is 2. The number of halogens is 1. The van der Waals surface area contributed by atoms with E-state index in [0.29, 0.717) is 13.2 Å². The van der Waals surface area contributed by atoms with Crippen LogP contribution in [0.1, 0.15) is 25.3 Å². The maximum atomic E-state index is 13.0. The molecule has 0 bridgehead atoms. The number of nitrogens with one attached hydrogen (secondary N) is 1. The van der Waals surface area contributed by atoms with Gasteiger partial charge in [-0.05, 0) is 37.5 Å². The molecule has 6 heteroatoms. The first-order valence-corrected chi connectivity index (χ1v) is 8.77. The Labute approximate surface area is 142 Å². The Balaban J connectivity index is 1.64. The zero-order valence-corrected chi connectivity index (χ0v) is 14.2. The smallest absolute Gasteiger partial charge is 0.194 e. The average Bonchev–Trinajstić information content (AvgIpc) is 3.15. The normalized spacial score (nSPS) is 25.1. The molecule has 0 aliphatic carbocycles. The number of rotatable bonds is 4. The highest BCUT2D eigenvalue weighted by Crippen LogP contribution is 2.21. The summed E-state index contributed by atoms with van der Waals surface area (Å²) >= 11 is 0. The van der Waals surface area contributed by atoms with Gasteiger partial charge in [-0.25, -0.2) is 9.38 Å². The molecule has 2 unspecified atom stereocenters. The minimum Gasteiger partial charge on any atom is -0.375 e. The quantitative estimate of drug-likeness (QED) is 0.677. The number of ether oxygens (including phenoxy) is 2. The van der Waals surface area contributed by atoms with Crippen LogP contribution in [0.2, 0.25) is 0 Å². The first-order valence-electron chi connectivity index (χ1n) is 8.77.